The number of amides is 1. The fourth-order valence-electron chi connectivity index (χ4n) is 3.62. The van der Waals surface area contributed by atoms with Crippen molar-refractivity contribution in [2.45, 2.75) is 31.6 Å². The van der Waals surface area contributed by atoms with Gasteiger partial charge in [0, 0.05) is 13.6 Å². The minimum Gasteiger partial charge on any atom is -0.462 e. The Balaban J connectivity index is 2.04. The van der Waals surface area contributed by atoms with Crippen LogP contribution in [-0.4, -0.2) is 55.1 Å². The Morgan fingerprint density at radius 2 is 1.41 bits per heavy atom. The van der Waals surface area contributed by atoms with E-state index in [0.717, 1.165) is 23.2 Å². The number of aromatic nitrogens is 2. The SMILES string of the molecule is CN(C)CCOc1ncc(N(C)C(=O)C(C)(C)c2cc(C(F)(F)F)cc(C(F)(F)F)c2)c(Oc2ccc(F)cc2)n1. The number of alkyl halides is 6. The topological polar surface area (TPSA) is 67.8 Å². The Labute approximate surface area is 231 Å². The lowest BCUT2D eigenvalue weighted by atomic mass is 9.81. The summed E-state index contributed by atoms with van der Waals surface area (Å²) < 4.78 is 105. The van der Waals surface area contributed by atoms with Crippen molar-refractivity contribution in [2.24, 2.45) is 0 Å². The summed E-state index contributed by atoms with van der Waals surface area (Å²) in [5.41, 5.74) is -5.57. The van der Waals surface area contributed by atoms with Gasteiger partial charge < -0.3 is 19.3 Å². The van der Waals surface area contributed by atoms with Gasteiger partial charge in [-0.3, -0.25) is 4.79 Å². The molecular weight excluding hydrogens is 561 g/mol. The minimum absolute atomic E-state index is 0.00865. The molecule has 0 unspecified atom stereocenters. The second-order valence-electron chi connectivity index (χ2n) is 9.83. The maximum absolute atomic E-state index is 13.6. The van der Waals surface area contributed by atoms with Crippen molar-refractivity contribution >= 4 is 11.6 Å². The first-order chi connectivity index (χ1) is 18.9. The number of nitrogens with zero attached hydrogens (tertiary/aromatic N) is 4. The maximum atomic E-state index is 13.6. The summed E-state index contributed by atoms with van der Waals surface area (Å²) in [5.74, 6) is -1.53. The fraction of sp³-hybridized carbons (Fsp3) is 0.370. The molecule has 41 heavy (non-hydrogen) atoms. The fourth-order valence-corrected chi connectivity index (χ4v) is 3.62. The summed E-state index contributed by atoms with van der Waals surface area (Å²) in [6.07, 6.45) is -9.01. The molecule has 0 aliphatic rings. The van der Waals surface area contributed by atoms with Crippen LogP contribution in [0.4, 0.5) is 36.4 Å². The van der Waals surface area contributed by atoms with Gasteiger partial charge in [-0.25, -0.2) is 9.37 Å². The van der Waals surface area contributed by atoms with Crippen molar-refractivity contribution in [2.75, 3.05) is 39.2 Å². The molecule has 222 valence electrons. The van der Waals surface area contributed by atoms with Crippen LogP contribution >= 0.6 is 0 Å². The van der Waals surface area contributed by atoms with Crippen LogP contribution in [0.3, 0.4) is 0 Å². The molecule has 3 rings (SSSR count). The van der Waals surface area contributed by atoms with E-state index in [1.54, 1.807) is 0 Å². The number of hydrogen-bond donors (Lipinski definition) is 0. The molecule has 14 heteroatoms. The lowest BCUT2D eigenvalue weighted by molar-refractivity contribution is -0.143. The summed E-state index contributed by atoms with van der Waals surface area (Å²) in [5, 5.41) is 0. The highest BCUT2D eigenvalue weighted by Gasteiger charge is 2.41. The molecule has 0 saturated heterocycles. The largest absolute Gasteiger partial charge is 0.462 e. The standard InChI is InChI=1S/C27H27F7N4O3/c1-25(2,16-12-17(26(29,30)31)14-18(13-16)27(32,33)34)23(39)38(5)21-15-35-24(40-11-10-37(3)4)36-22(21)41-20-8-6-19(28)7-9-20/h6-9,12-15H,10-11H2,1-5H3. The molecule has 0 fully saturated rings. The summed E-state index contributed by atoms with van der Waals surface area (Å²) in [7, 11) is 4.88. The van der Waals surface area contributed by atoms with Crippen molar-refractivity contribution in [1.82, 2.24) is 14.9 Å². The quantitative estimate of drug-likeness (QED) is 0.273. The molecule has 0 radical (unpaired) electrons. The number of hydrogen-bond acceptors (Lipinski definition) is 6. The summed E-state index contributed by atoms with van der Waals surface area (Å²) in [6.45, 7) is 3.10. The highest BCUT2D eigenvalue weighted by atomic mass is 19.4. The molecule has 0 spiro atoms. The van der Waals surface area contributed by atoms with Gasteiger partial charge in [-0.15, -0.1) is 0 Å². The smallest absolute Gasteiger partial charge is 0.416 e. The molecule has 0 N–H and O–H groups in total. The van der Waals surface area contributed by atoms with Crippen molar-refractivity contribution < 1.29 is 45.0 Å². The van der Waals surface area contributed by atoms with Crippen LogP contribution in [0, 0.1) is 5.82 Å². The predicted molar refractivity (Wildman–Crippen MR) is 135 cm³/mol. The number of benzene rings is 2. The number of halogens is 7. The molecule has 1 aromatic heterocycles. The Bertz CT molecular complexity index is 1340. The average Bonchev–Trinajstić information content (AvgIpc) is 2.88. The van der Waals surface area contributed by atoms with Crippen LogP contribution in [0.1, 0.15) is 30.5 Å². The molecule has 0 bridgehead atoms. The number of ether oxygens (including phenoxy) is 2. The van der Waals surface area contributed by atoms with E-state index >= 15 is 0 Å². The summed E-state index contributed by atoms with van der Waals surface area (Å²) >= 11 is 0. The Kier molecular flexibility index (Phi) is 9.16. The van der Waals surface area contributed by atoms with E-state index in [-0.39, 0.29) is 36.0 Å². The van der Waals surface area contributed by atoms with E-state index in [2.05, 4.69) is 9.97 Å². The van der Waals surface area contributed by atoms with Crippen molar-refractivity contribution in [1.29, 1.82) is 0 Å². The first kappa shape index (κ1) is 31.6. The second kappa shape index (κ2) is 11.9. The zero-order chi connectivity index (χ0) is 30.8. The molecule has 7 nitrogen and oxygen atoms in total. The molecule has 0 aliphatic heterocycles. The predicted octanol–water partition coefficient (Wildman–Crippen LogP) is 6.33. The molecule has 2 aromatic carbocycles. The van der Waals surface area contributed by atoms with E-state index in [4.69, 9.17) is 9.47 Å². The van der Waals surface area contributed by atoms with E-state index in [9.17, 15) is 35.5 Å². The molecule has 0 saturated carbocycles. The zero-order valence-corrected chi connectivity index (χ0v) is 22.7. The van der Waals surface area contributed by atoms with Crippen LogP contribution in [0.2, 0.25) is 0 Å². The van der Waals surface area contributed by atoms with Crippen LogP contribution in [0.25, 0.3) is 0 Å². The Hall–Kier alpha value is -3.94. The normalized spacial score (nSPS) is 12.4. The molecule has 3 aromatic rings. The highest BCUT2D eigenvalue weighted by molar-refractivity contribution is 6.01. The third-order valence-corrected chi connectivity index (χ3v) is 6.02. The molecule has 1 amide bonds. The monoisotopic (exact) mass is 588 g/mol. The van der Waals surface area contributed by atoms with E-state index in [1.165, 1.54) is 33.0 Å². The third-order valence-electron chi connectivity index (χ3n) is 6.02. The van der Waals surface area contributed by atoms with Crippen molar-refractivity contribution in [3.05, 3.63) is 71.2 Å². The zero-order valence-electron chi connectivity index (χ0n) is 22.7. The minimum atomic E-state index is -5.09. The van der Waals surface area contributed by atoms with E-state index < -0.39 is 46.2 Å². The molecule has 1 heterocycles. The molecular formula is C27H27F7N4O3. The van der Waals surface area contributed by atoms with Gasteiger partial charge in [-0.1, -0.05) is 0 Å². The average molecular weight is 589 g/mol. The van der Waals surface area contributed by atoms with Gasteiger partial charge in [0.25, 0.3) is 0 Å². The molecule has 0 aliphatic carbocycles. The van der Waals surface area contributed by atoms with Gasteiger partial charge in [0.05, 0.1) is 22.7 Å². The number of rotatable bonds is 9. The first-order valence-corrected chi connectivity index (χ1v) is 12.1. The molecule has 0 atom stereocenters. The number of likely N-dealkylation sites (N-methyl/N-ethyl adjacent to an activating group) is 2. The Morgan fingerprint density at radius 3 is 1.93 bits per heavy atom. The van der Waals surface area contributed by atoms with Gasteiger partial charge >= 0.3 is 18.4 Å². The van der Waals surface area contributed by atoms with Gasteiger partial charge in [-0.05, 0) is 76.0 Å². The lowest BCUT2D eigenvalue weighted by Gasteiger charge is -2.31. The van der Waals surface area contributed by atoms with Gasteiger partial charge in [0.1, 0.15) is 23.9 Å². The highest BCUT2D eigenvalue weighted by Crippen LogP contribution is 2.40. The summed E-state index contributed by atoms with van der Waals surface area (Å²) in [6, 6.07) is 5.71. The van der Waals surface area contributed by atoms with E-state index in [1.807, 2.05) is 19.0 Å². The second-order valence-corrected chi connectivity index (χ2v) is 9.83. The third kappa shape index (κ3) is 7.84. The van der Waals surface area contributed by atoms with Crippen LogP contribution in [-0.2, 0) is 22.6 Å². The number of carbonyl (C=O) groups is 1. The van der Waals surface area contributed by atoms with Crippen LogP contribution < -0.4 is 14.4 Å². The van der Waals surface area contributed by atoms with Crippen molar-refractivity contribution in [3.8, 4) is 17.6 Å². The van der Waals surface area contributed by atoms with Gasteiger partial charge in [0.15, 0.2) is 0 Å². The Morgan fingerprint density at radius 1 is 0.878 bits per heavy atom. The first-order valence-electron chi connectivity index (χ1n) is 12.1. The van der Waals surface area contributed by atoms with Crippen LogP contribution in [0.15, 0.2) is 48.7 Å². The lowest BCUT2D eigenvalue weighted by Crippen LogP contribution is -2.42. The van der Waals surface area contributed by atoms with Gasteiger partial charge in [0.2, 0.25) is 11.8 Å². The number of carbonyl (C=O) groups excluding carboxylic acids is 1. The van der Waals surface area contributed by atoms with E-state index in [0.29, 0.717) is 18.7 Å². The van der Waals surface area contributed by atoms with Crippen LogP contribution in [0.5, 0.6) is 17.6 Å². The van der Waals surface area contributed by atoms with Crippen molar-refractivity contribution in [3.63, 3.8) is 0 Å². The maximum Gasteiger partial charge on any atom is 0.416 e. The number of anilines is 1. The van der Waals surface area contributed by atoms with Gasteiger partial charge in [-0.2, -0.15) is 31.3 Å². The summed E-state index contributed by atoms with van der Waals surface area (Å²) in [4.78, 5) is 24.7.